The topological polar surface area (TPSA) is 66.4 Å². The summed E-state index contributed by atoms with van der Waals surface area (Å²) in [7, 11) is 0. The van der Waals surface area contributed by atoms with Gasteiger partial charge in [0.2, 0.25) is 0 Å². The van der Waals surface area contributed by atoms with Crippen molar-refractivity contribution in [1.82, 2.24) is 5.32 Å². The fourth-order valence-corrected chi connectivity index (χ4v) is 2.75. The second kappa shape index (κ2) is 7.31. The smallest absolute Gasteiger partial charge is 0.303 e. The molecular weight excluding hydrogens is 273 g/mol. The first-order valence-electron chi connectivity index (χ1n) is 7.34. The first-order chi connectivity index (χ1) is 10.1. The number of halogens is 1. The Labute approximate surface area is 123 Å². The van der Waals surface area contributed by atoms with Crippen LogP contribution in [0.3, 0.4) is 0 Å². The molecule has 0 heterocycles. The Balaban J connectivity index is 2.06. The molecule has 1 aliphatic carbocycles. The molecule has 1 atom stereocenters. The number of ketones is 1. The quantitative estimate of drug-likeness (QED) is 0.759. The van der Waals surface area contributed by atoms with E-state index in [0.717, 1.165) is 25.7 Å². The van der Waals surface area contributed by atoms with Crippen molar-refractivity contribution in [2.75, 3.05) is 0 Å². The van der Waals surface area contributed by atoms with Crippen LogP contribution in [-0.4, -0.2) is 28.9 Å². The maximum atomic E-state index is 12.9. The first kappa shape index (κ1) is 15.6. The minimum absolute atomic E-state index is 0.0582. The third-order valence-corrected chi connectivity index (χ3v) is 3.88. The van der Waals surface area contributed by atoms with Gasteiger partial charge in [0, 0.05) is 18.0 Å². The van der Waals surface area contributed by atoms with Crippen LogP contribution >= 0.6 is 0 Å². The zero-order chi connectivity index (χ0) is 15.2. The highest BCUT2D eigenvalue weighted by Crippen LogP contribution is 2.20. The summed E-state index contributed by atoms with van der Waals surface area (Å²) < 4.78 is 12.9. The molecular formula is C16H20FNO3. The van der Waals surface area contributed by atoms with Crippen molar-refractivity contribution >= 4 is 11.8 Å². The van der Waals surface area contributed by atoms with Gasteiger partial charge in [-0.25, -0.2) is 4.39 Å². The summed E-state index contributed by atoms with van der Waals surface area (Å²) in [5, 5.41) is 12.1. The van der Waals surface area contributed by atoms with Crippen LogP contribution in [0.1, 0.15) is 48.9 Å². The van der Waals surface area contributed by atoms with Crippen molar-refractivity contribution < 1.29 is 19.1 Å². The SMILES string of the molecule is O=C(O)CCC(NC1CCCC1)C(=O)c1ccc(F)cc1. The zero-order valence-corrected chi connectivity index (χ0v) is 11.8. The highest BCUT2D eigenvalue weighted by atomic mass is 19.1. The summed E-state index contributed by atoms with van der Waals surface area (Å²) in [6.07, 6.45) is 4.49. The lowest BCUT2D eigenvalue weighted by atomic mass is 9.99. The van der Waals surface area contributed by atoms with Gasteiger partial charge in [-0.2, -0.15) is 0 Å². The average Bonchev–Trinajstić information content (AvgIpc) is 2.96. The molecule has 2 rings (SSSR count). The Morgan fingerprint density at radius 1 is 1.24 bits per heavy atom. The average molecular weight is 293 g/mol. The molecule has 21 heavy (non-hydrogen) atoms. The number of carbonyl (C=O) groups excluding carboxylic acids is 1. The van der Waals surface area contributed by atoms with Crippen molar-refractivity contribution in [2.24, 2.45) is 0 Å². The molecule has 5 heteroatoms. The molecule has 0 bridgehead atoms. The molecule has 2 N–H and O–H groups in total. The number of rotatable bonds is 7. The fourth-order valence-electron chi connectivity index (χ4n) is 2.75. The number of carbonyl (C=O) groups is 2. The standard InChI is InChI=1S/C16H20FNO3/c17-12-7-5-11(6-8-12)16(21)14(9-10-15(19)20)18-13-3-1-2-4-13/h5-8,13-14,18H,1-4,9-10H2,(H,19,20). The van der Waals surface area contributed by atoms with Crippen molar-refractivity contribution in [3.8, 4) is 0 Å². The van der Waals surface area contributed by atoms with Gasteiger partial charge in [0.15, 0.2) is 5.78 Å². The highest BCUT2D eigenvalue weighted by molar-refractivity contribution is 6.00. The Hall–Kier alpha value is -1.75. The molecule has 1 aliphatic rings. The van der Waals surface area contributed by atoms with Crippen LogP contribution in [0.2, 0.25) is 0 Å². The van der Waals surface area contributed by atoms with Crippen molar-refractivity contribution in [3.05, 3.63) is 35.6 Å². The van der Waals surface area contributed by atoms with Gasteiger partial charge in [0.05, 0.1) is 6.04 Å². The van der Waals surface area contributed by atoms with Crippen molar-refractivity contribution in [2.45, 2.75) is 50.6 Å². The predicted octanol–water partition coefficient (Wildman–Crippen LogP) is 2.77. The minimum atomic E-state index is -0.917. The Morgan fingerprint density at radius 2 is 1.86 bits per heavy atom. The summed E-state index contributed by atoms with van der Waals surface area (Å²) in [6.45, 7) is 0. The second-order valence-corrected chi connectivity index (χ2v) is 5.50. The van der Waals surface area contributed by atoms with Gasteiger partial charge in [-0.05, 0) is 43.5 Å². The number of nitrogens with one attached hydrogen (secondary N) is 1. The molecule has 0 aliphatic heterocycles. The normalized spacial score (nSPS) is 16.8. The van der Waals surface area contributed by atoms with E-state index in [2.05, 4.69) is 5.32 Å². The van der Waals surface area contributed by atoms with Crippen LogP contribution in [0.15, 0.2) is 24.3 Å². The number of hydrogen-bond acceptors (Lipinski definition) is 3. The van der Waals surface area contributed by atoms with E-state index in [9.17, 15) is 14.0 Å². The lowest BCUT2D eigenvalue weighted by molar-refractivity contribution is -0.137. The molecule has 1 unspecified atom stereocenters. The van der Waals surface area contributed by atoms with Crippen LogP contribution < -0.4 is 5.32 Å². The molecule has 1 fully saturated rings. The maximum Gasteiger partial charge on any atom is 0.303 e. The maximum absolute atomic E-state index is 12.9. The number of carboxylic acids is 1. The van der Waals surface area contributed by atoms with Crippen molar-refractivity contribution in [3.63, 3.8) is 0 Å². The van der Waals surface area contributed by atoms with Gasteiger partial charge >= 0.3 is 5.97 Å². The number of benzene rings is 1. The largest absolute Gasteiger partial charge is 0.481 e. The number of Topliss-reactive ketones (excluding diaryl/α,β-unsaturated/α-hetero) is 1. The van der Waals surface area contributed by atoms with E-state index in [4.69, 9.17) is 5.11 Å². The molecule has 0 amide bonds. The third-order valence-electron chi connectivity index (χ3n) is 3.88. The minimum Gasteiger partial charge on any atom is -0.481 e. The van der Waals surface area contributed by atoms with E-state index in [1.165, 1.54) is 24.3 Å². The molecule has 1 aromatic rings. The molecule has 4 nitrogen and oxygen atoms in total. The number of hydrogen-bond donors (Lipinski definition) is 2. The fraction of sp³-hybridized carbons (Fsp3) is 0.500. The predicted molar refractivity (Wildman–Crippen MR) is 76.8 cm³/mol. The van der Waals surface area contributed by atoms with E-state index in [1.807, 2.05) is 0 Å². The Bertz CT molecular complexity index is 495. The van der Waals surface area contributed by atoms with Crippen LogP contribution in [0, 0.1) is 5.82 Å². The van der Waals surface area contributed by atoms with Gasteiger partial charge in [-0.1, -0.05) is 12.8 Å². The summed E-state index contributed by atoms with van der Waals surface area (Å²) in [4.78, 5) is 23.2. The number of carboxylic acid groups (broad SMARTS) is 1. The molecule has 0 spiro atoms. The molecule has 1 aromatic carbocycles. The van der Waals surface area contributed by atoms with Crippen LogP contribution in [0.4, 0.5) is 4.39 Å². The Morgan fingerprint density at radius 3 is 2.43 bits per heavy atom. The zero-order valence-electron chi connectivity index (χ0n) is 11.8. The summed E-state index contributed by atoms with van der Waals surface area (Å²) in [5.74, 6) is -1.47. The van der Waals surface area contributed by atoms with Crippen molar-refractivity contribution in [1.29, 1.82) is 0 Å². The molecule has 0 radical (unpaired) electrons. The lowest BCUT2D eigenvalue weighted by Gasteiger charge is -2.21. The monoisotopic (exact) mass is 293 g/mol. The van der Waals surface area contributed by atoms with E-state index in [1.54, 1.807) is 0 Å². The van der Waals surface area contributed by atoms with Gasteiger partial charge in [-0.15, -0.1) is 0 Å². The van der Waals surface area contributed by atoms with E-state index >= 15 is 0 Å². The number of aliphatic carboxylic acids is 1. The molecule has 114 valence electrons. The first-order valence-corrected chi connectivity index (χ1v) is 7.34. The third kappa shape index (κ3) is 4.63. The summed E-state index contributed by atoms with van der Waals surface area (Å²) in [6, 6.07) is 5.14. The molecule has 0 aromatic heterocycles. The summed E-state index contributed by atoms with van der Waals surface area (Å²) in [5.41, 5.74) is 0.414. The van der Waals surface area contributed by atoms with Crippen LogP contribution in [-0.2, 0) is 4.79 Å². The van der Waals surface area contributed by atoms with Gasteiger partial charge < -0.3 is 10.4 Å². The van der Waals surface area contributed by atoms with E-state index in [0.29, 0.717) is 5.56 Å². The highest BCUT2D eigenvalue weighted by Gasteiger charge is 2.25. The summed E-state index contributed by atoms with van der Waals surface area (Å²) >= 11 is 0. The van der Waals surface area contributed by atoms with Crippen LogP contribution in [0.25, 0.3) is 0 Å². The van der Waals surface area contributed by atoms with Crippen LogP contribution in [0.5, 0.6) is 0 Å². The van der Waals surface area contributed by atoms with Gasteiger partial charge in [0.25, 0.3) is 0 Å². The van der Waals surface area contributed by atoms with Gasteiger partial charge in [-0.3, -0.25) is 9.59 Å². The molecule has 0 saturated heterocycles. The van der Waals surface area contributed by atoms with E-state index < -0.39 is 17.8 Å². The molecule has 1 saturated carbocycles. The second-order valence-electron chi connectivity index (χ2n) is 5.50. The lowest BCUT2D eigenvalue weighted by Crippen LogP contribution is -2.42. The van der Waals surface area contributed by atoms with E-state index in [-0.39, 0.29) is 24.7 Å². The van der Waals surface area contributed by atoms with Gasteiger partial charge in [0.1, 0.15) is 5.82 Å². The Kier molecular flexibility index (Phi) is 5.44.